The maximum Gasteiger partial charge on any atom is 0.308 e. The monoisotopic (exact) mass is 252 g/mol. The summed E-state index contributed by atoms with van der Waals surface area (Å²) in [5, 5.41) is 0. The van der Waals surface area contributed by atoms with Crippen molar-refractivity contribution in [3.63, 3.8) is 0 Å². The van der Waals surface area contributed by atoms with Crippen molar-refractivity contribution in [2.45, 2.75) is 46.8 Å². The Morgan fingerprint density at radius 1 is 1.00 bits per heavy atom. The van der Waals surface area contributed by atoms with Crippen molar-refractivity contribution in [2.24, 2.45) is 0 Å². The molecule has 4 nitrogen and oxygen atoms in total. The van der Waals surface area contributed by atoms with E-state index in [1.165, 1.54) is 6.92 Å². The first-order valence-corrected chi connectivity index (χ1v) is 6.04. The average molecular weight is 252 g/mol. The number of esters is 1. The Kier molecular flexibility index (Phi) is 5.01. The molecule has 0 aliphatic carbocycles. The number of ether oxygens (including phenoxy) is 3. The van der Waals surface area contributed by atoms with Gasteiger partial charge in [0.15, 0.2) is 11.5 Å². The number of hydrogen-bond acceptors (Lipinski definition) is 4. The maximum absolute atomic E-state index is 10.9. The molecule has 1 aromatic rings. The van der Waals surface area contributed by atoms with Gasteiger partial charge in [-0.05, 0) is 39.8 Å². The Morgan fingerprint density at radius 3 is 2.06 bits per heavy atom. The summed E-state index contributed by atoms with van der Waals surface area (Å²) in [5.74, 6) is 1.32. The lowest BCUT2D eigenvalue weighted by atomic mass is 10.3. The molecule has 0 aliphatic heterocycles. The van der Waals surface area contributed by atoms with E-state index in [-0.39, 0.29) is 18.2 Å². The van der Waals surface area contributed by atoms with Gasteiger partial charge in [-0.2, -0.15) is 0 Å². The first kappa shape index (κ1) is 14.4. The minimum atomic E-state index is -0.358. The first-order valence-electron chi connectivity index (χ1n) is 6.04. The summed E-state index contributed by atoms with van der Waals surface area (Å²) in [4.78, 5) is 10.9. The van der Waals surface area contributed by atoms with Gasteiger partial charge in [-0.25, -0.2) is 0 Å². The van der Waals surface area contributed by atoms with Crippen molar-refractivity contribution in [1.29, 1.82) is 0 Å². The van der Waals surface area contributed by atoms with E-state index < -0.39 is 0 Å². The Morgan fingerprint density at radius 2 is 1.56 bits per heavy atom. The summed E-state index contributed by atoms with van der Waals surface area (Å²) in [6.45, 7) is 9.11. The Balaban J connectivity index is 2.99. The van der Waals surface area contributed by atoms with E-state index >= 15 is 0 Å². The molecule has 0 radical (unpaired) electrons. The van der Waals surface area contributed by atoms with Crippen LogP contribution in [0.15, 0.2) is 18.2 Å². The van der Waals surface area contributed by atoms with Crippen molar-refractivity contribution in [2.75, 3.05) is 0 Å². The van der Waals surface area contributed by atoms with E-state index in [0.717, 1.165) is 0 Å². The minimum Gasteiger partial charge on any atom is -0.487 e. The van der Waals surface area contributed by atoms with Gasteiger partial charge in [-0.3, -0.25) is 4.79 Å². The van der Waals surface area contributed by atoms with Gasteiger partial charge in [-0.15, -0.1) is 0 Å². The number of benzene rings is 1. The zero-order valence-corrected chi connectivity index (χ0v) is 11.5. The molecule has 1 aromatic carbocycles. The summed E-state index contributed by atoms with van der Waals surface area (Å²) in [7, 11) is 0. The number of rotatable bonds is 5. The molecule has 0 amide bonds. The van der Waals surface area contributed by atoms with Gasteiger partial charge in [0.2, 0.25) is 0 Å². The fourth-order valence-corrected chi connectivity index (χ4v) is 1.42. The fourth-order valence-electron chi connectivity index (χ4n) is 1.42. The van der Waals surface area contributed by atoms with Crippen molar-refractivity contribution in [3.8, 4) is 17.2 Å². The molecule has 0 saturated carbocycles. The third-order valence-corrected chi connectivity index (χ3v) is 1.90. The van der Waals surface area contributed by atoms with Crippen LogP contribution in [0.1, 0.15) is 34.6 Å². The van der Waals surface area contributed by atoms with E-state index in [9.17, 15) is 4.79 Å². The molecule has 0 atom stereocenters. The third-order valence-electron chi connectivity index (χ3n) is 1.90. The number of carbonyl (C=O) groups excluding carboxylic acids is 1. The Labute approximate surface area is 108 Å². The SMILES string of the molecule is CC(=O)Oc1ccc(OC(C)C)c(OC(C)C)c1. The van der Waals surface area contributed by atoms with Gasteiger partial charge in [0.05, 0.1) is 12.2 Å². The van der Waals surface area contributed by atoms with E-state index in [4.69, 9.17) is 14.2 Å². The average Bonchev–Trinajstić information content (AvgIpc) is 2.19. The molecular weight excluding hydrogens is 232 g/mol. The van der Waals surface area contributed by atoms with Crippen LogP contribution in [0, 0.1) is 0 Å². The summed E-state index contributed by atoms with van der Waals surface area (Å²) in [6, 6.07) is 5.10. The summed E-state index contributed by atoms with van der Waals surface area (Å²) < 4.78 is 16.3. The number of hydrogen-bond donors (Lipinski definition) is 0. The minimum absolute atomic E-state index is 0.0205. The summed E-state index contributed by atoms with van der Waals surface area (Å²) in [6.07, 6.45) is 0.0752. The van der Waals surface area contributed by atoms with Gasteiger partial charge in [-0.1, -0.05) is 0 Å². The molecule has 18 heavy (non-hydrogen) atoms. The highest BCUT2D eigenvalue weighted by atomic mass is 16.5. The molecule has 0 bridgehead atoms. The lowest BCUT2D eigenvalue weighted by Gasteiger charge is -2.17. The van der Waals surface area contributed by atoms with Gasteiger partial charge < -0.3 is 14.2 Å². The van der Waals surface area contributed by atoms with Crippen LogP contribution in [0.2, 0.25) is 0 Å². The highest BCUT2D eigenvalue weighted by Crippen LogP contribution is 2.33. The van der Waals surface area contributed by atoms with Gasteiger partial charge in [0.25, 0.3) is 0 Å². The maximum atomic E-state index is 10.9. The van der Waals surface area contributed by atoms with E-state index in [2.05, 4.69) is 0 Å². The third kappa shape index (κ3) is 4.65. The van der Waals surface area contributed by atoms with Crippen LogP contribution in [-0.2, 0) is 4.79 Å². The van der Waals surface area contributed by atoms with Crippen LogP contribution in [0.3, 0.4) is 0 Å². The normalized spacial score (nSPS) is 10.6. The van der Waals surface area contributed by atoms with Crippen molar-refractivity contribution < 1.29 is 19.0 Å². The summed E-state index contributed by atoms with van der Waals surface area (Å²) in [5.41, 5.74) is 0. The van der Waals surface area contributed by atoms with Crippen LogP contribution in [0.25, 0.3) is 0 Å². The smallest absolute Gasteiger partial charge is 0.308 e. The predicted octanol–water partition coefficient (Wildman–Crippen LogP) is 3.19. The predicted molar refractivity (Wildman–Crippen MR) is 69.3 cm³/mol. The molecule has 0 aromatic heterocycles. The second-order valence-corrected chi connectivity index (χ2v) is 4.54. The van der Waals surface area contributed by atoms with Gasteiger partial charge >= 0.3 is 5.97 Å². The molecule has 0 saturated heterocycles. The molecule has 0 unspecified atom stereocenters. The molecule has 0 aliphatic rings. The standard InChI is InChI=1S/C14H20O4/c1-9(2)16-13-7-6-12(18-11(5)15)8-14(13)17-10(3)4/h6-10H,1-5H3. The fraction of sp³-hybridized carbons (Fsp3) is 0.500. The van der Waals surface area contributed by atoms with Crippen LogP contribution >= 0.6 is 0 Å². The highest BCUT2D eigenvalue weighted by Gasteiger charge is 2.11. The lowest BCUT2D eigenvalue weighted by Crippen LogP contribution is -2.11. The first-order chi connectivity index (χ1) is 8.38. The van der Waals surface area contributed by atoms with Crippen LogP contribution < -0.4 is 14.2 Å². The zero-order chi connectivity index (χ0) is 13.7. The number of carbonyl (C=O) groups is 1. The van der Waals surface area contributed by atoms with Crippen molar-refractivity contribution in [1.82, 2.24) is 0 Å². The molecule has 0 fully saturated rings. The van der Waals surface area contributed by atoms with Crippen molar-refractivity contribution >= 4 is 5.97 Å². The molecule has 4 heteroatoms. The van der Waals surface area contributed by atoms with E-state index in [1.807, 2.05) is 27.7 Å². The molecule has 0 heterocycles. The molecule has 0 N–H and O–H groups in total. The summed E-state index contributed by atoms with van der Waals surface area (Å²) >= 11 is 0. The van der Waals surface area contributed by atoms with Crippen molar-refractivity contribution in [3.05, 3.63) is 18.2 Å². The van der Waals surface area contributed by atoms with Crippen LogP contribution in [-0.4, -0.2) is 18.2 Å². The van der Waals surface area contributed by atoms with Gasteiger partial charge in [0.1, 0.15) is 5.75 Å². The van der Waals surface area contributed by atoms with Gasteiger partial charge in [0, 0.05) is 13.0 Å². The van der Waals surface area contributed by atoms with Crippen LogP contribution in [0.4, 0.5) is 0 Å². The lowest BCUT2D eigenvalue weighted by molar-refractivity contribution is -0.131. The Hall–Kier alpha value is -1.71. The molecule has 0 spiro atoms. The highest BCUT2D eigenvalue weighted by molar-refractivity contribution is 5.69. The molecule has 1 rings (SSSR count). The van der Waals surface area contributed by atoms with Crippen LogP contribution in [0.5, 0.6) is 17.2 Å². The zero-order valence-electron chi connectivity index (χ0n) is 11.5. The van der Waals surface area contributed by atoms with E-state index in [1.54, 1.807) is 18.2 Å². The quantitative estimate of drug-likeness (QED) is 0.596. The second kappa shape index (κ2) is 6.28. The molecular formula is C14H20O4. The largest absolute Gasteiger partial charge is 0.487 e. The Bertz CT molecular complexity index is 410. The second-order valence-electron chi connectivity index (χ2n) is 4.54. The molecule has 100 valence electrons. The topological polar surface area (TPSA) is 44.8 Å². The van der Waals surface area contributed by atoms with E-state index in [0.29, 0.717) is 17.2 Å².